The van der Waals surface area contributed by atoms with Crippen molar-refractivity contribution in [3.8, 4) is 0 Å². The Morgan fingerprint density at radius 2 is 1.25 bits per heavy atom. The van der Waals surface area contributed by atoms with Crippen molar-refractivity contribution < 1.29 is 24.2 Å². The van der Waals surface area contributed by atoms with Gasteiger partial charge in [-0.05, 0) is 20.3 Å². The van der Waals surface area contributed by atoms with E-state index in [1.165, 1.54) is 78.1 Å². The summed E-state index contributed by atoms with van der Waals surface area (Å²) in [6.45, 7) is 8.62. The molecule has 0 saturated carbocycles. The molecular formula is C23H42O5. The van der Waals surface area contributed by atoms with Gasteiger partial charge in [-0.1, -0.05) is 90.6 Å². The first-order valence-corrected chi connectivity index (χ1v) is 11.1. The van der Waals surface area contributed by atoms with Crippen molar-refractivity contribution in [3.63, 3.8) is 0 Å². The predicted molar refractivity (Wildman–Crippen MR) is 113 cm³/mol. The van der Waals surface area contributed by atoms with Gasteiger partial charge in [0, 0.05) is 12.0 Å². The van der Waals surface area contributed by atoms with E-state index in [0.29, 0.717) is 0 Å². The molecule has 5 heteroatoms. The normalized spacial score (nSPS) is 13.0. The molecule has 164 valence electrons. The summed E-state index contributed by atoms with van der Waals surface area (Å²) in [6.07, 6.45) is 14.0. The third kappa shape index (κ3) is 15.7. The van der Waals surface area contributed by atoms with E-state index >= 15 is 0 Å². The maximum absolute atomic E-state index is 11.9. The zero-order chi connectivity index (χ0) is 21.2. The fourth-order valence-corrected chi connectivity index (χ4v) is 2.90. The second-order valence-electron chi connectivity index (χ2n) is 7.78. The Labute approximate surface area is 171 Å². The van der Waals surface area contributed by atoms with E-state index in [4.69, 9.17) is 9.47 Å². The Bertz CT molecular complexity index is 431. The molecule has 0 radical (unpaired) electrons. The van der Waals surface area contributed by atoms with Crippen molar-refractivity contribution >= 4 is 11.9 Å². The molecule has 5 nitrogen and oxygen atoms in total. The number of unbranched alkanes of at least 4 members (excludes halogenated alkanes) is 12. The molecule has 0 aliphatic carbocycles. The summed E-state index contributed by atoms with van der Waals surface area (Å²) < 4.78 is 10.00. The molecule has 0 aromatic rings. The van der Waals surface area contributed by atoms with Gasteiger partial charge < -0.3 is 14.6 Å². The predicted octanol–water partition coefficient (Wildman–Crippen LogP) is 5.84. The second kappa shape index (κ2) is 17.7. The Kier molecular flexibility index (Phi) is 16.9. The first kappa shape index (κ1) is 26.6. The molecule has 28 heavy (non-hydrogen) atoms. The molecule has 0 heterocycles. The molecule has 0 bridgehead atoms. The van der Waals surface area contributed by atoms with Crippen molar-refractivity contribution in [2.45, 2.75) is 123 Å². The van der Waals surface area contributed by atoms with Crippen LogP contribution in [0.15, 0.2) is 12.2 Å². The van der Waals surface area contributed by atoms with Crippen LogP contribution in [0.25, 0.3) is 0 Å². The molecular weight excluding hydrogens is 356 g/mol. The van der Waals surface area contributed by atoms with Crippen LogP contribution in [0.2, 0.25) is 0 Å². The lowest BCUT2D eigenvalue weighted by Gasteiger charge is -2.20. The highest BCUT2D eigenvalue weighted by molar-refractivity contribution is 5.87. The van der Waals surface area contributed by atoms with Crippen LogP contribution in [0.5, 0.6) is 0 Å². The fraction of sp³-hybridized carbons (Fsp3) is 0.826. The van der Waals surface area contributed by atoms with E-state index in [-0.39, 0.29) is 12.0 Å². The van der Waals surface area contributed by atoms with Crippen LogP contribution in [0.4, 0.5) is 0 Å². The highest BCUT2D eigenvalue weighted by Crippen LogP contribution is 2.14. The van der Waals surface area contributed by atoms with Crippen LogP contribution in [0.3, 0.4) is 0 Å². The maximum Gasteiger partial charge on any atom is 0.336 e. The van der Waals surface area contributed by atoms with E-state index < -0.39 is 24.3 Å². The summed E-state index contributed by atoms with van der Waals surface area (Å²) in [7, 11) is 0. The summed E-state index contributed by atoms with van der Waals surface area (Å²) in [5, 5.41) is 9.59. The third-order valence-corrected chi connectivity index (χ3v) is 4.70. The van der Waals surface area contributed by atoms with Gasteiger partial charge in [-0.15, -0.1) is 0 Å². The van der Waals surface area contributed by atoms with Crippen LogP contribution in [-0.2, 0) is 19.1 Å². The average molecular weight is 399 g/mol. The molecule has 0 aliphatic rings. The number of ether oxygens (including phenoxy) is 2. The van der Waals surface area contributed by atoms with Gasteiger partial charge in [-0.3, -0.25) is 4.79 Å². The number of hydrogen-bond donors (Lipinski definition) is 1. The highest BCUT2D eigenvalue weighted by atomic mass is 16.7. The topological polar surface area (TPSA) is 72.8 Å². The van der Waals surface area contributed by atoms with E-state index in [1.54, 1.807) is 0 Å². The molecule has 1 N–H and O–H groups in total. The van der Waals surface area contributed by atoms with Gasteiger partial charge in [0.25, 0.3) is 6.29 Å². The van der Waals surface area contributed by atoms with Crippen LogP contribution in [0.1, 0.15) is 111 Å². The van der Waals surface area contributed by atoms with Gasteiger partial charge in [0.2, 0.25) is 0 Å². The van der Waals surface area contributed by atoms with Crippen LogP contribution < -0.4 is 0 Å². The van der Waals surface area contributed by atoms with Gasteiger partial charge in [0.15, 0.2) is 0 Å². The number of aliphatic hydroxyl groups is 1. The molecule has 0 amide bonds. The van der Waals surface area contributed by atoms with Crippen LogP contribution in [0, 0.1) is 0 Å². The van der Waals surface area contributed by atoms with Gasteiger partial charge in [-0.2, -0.15) is 0 Å². The Balaban J connectivity index is 3.62. The molecule has 0 aromatic heterocycles. The number of aliphatic hydroxyl groups excluding tert-OH is 1. The van der Waals surface area contributed by atoms with E-state index in [2.05, 4.69) is 13.5 Å². The summed E-state index contributed by atoms with van der Waals surface area (Å²) in [5.74, 6) is -1.14. The van der Waals surface area contributed by atoms with Gasteiger partial charge >= 0.3 is 11.9 Å². The quantitative estimate of drug-likeness (QED) is 0.136. The van der Waals surface area contributed by atoms with Gasteiger partial charge in [-0.25, -0.2) is 4.79 Å². The lowest BCUT2D eigenvalue weighted by atomic mass is 10.0. The minimum absolute atomic E-state index is 0.193. The van der Waals surface area contributed by atoms with Crippen LogP contribution in [-0.4, -0.2) is 29.4 Å². The number of hydrogen-bond acceptors (Lipinski definition) is 5. The highest BCUT2D eigenvalue weighted by Gasteiger charge is 2.24. The fourth-order valence-electron chi connectivity index (χ4n) is 2.90. The Morgan fingerprint density at radius 1 is 0.821 bits per heavy atom. The SMILES string of the molecule is C=C(C)C(=O)OC(OC(=O)CCCCCCCCCCCCCCC)C(C)O. The molecule has 0 aromatic carbocycles. The maximum atomic E-state index is 11.9. The van der Waals surface area contributed by atoms with Crippen molar-refractivity contribution in [1.29, 1.82) is 0 Å². The molecule has 0 rings (SSSR count). The minimum atomic E-state index is -1.28. The summed E-state index contributed by atoms with van der Waals surface area (Å²) in [5.41, 5.74) is 0.193. The third-order valence-electron chi connectivity index (χ3n) is 4.70. The molecule has 0 spiro atoms. The number of carbonyl (C=O) groups is 2. The van der Waals surface area contributed by atoms with Crippen molar-refractivity contribution in [2.75, 3.05) is 0 Å². The smallest absolute Gasteiger partial charge is 0.336 e. The Morgan fingerprint density at radius 3 is 1.64 bits per heavy atom. The second-order valence-corrected chi connectivity index (χ2v) is 7.78. The standard InChI is InChI=1S/C23H42O5/c1-5-6-7-8-9-10-11-12-13-14-15-16-17-18-21(25)27-23(20(4)24)28-22(26)19(2)3/h20,23-24H,2,5-18H2,1,3-4H3. The van der Waals surface area contributed by atoms with Gasteiger partial charge in [0.1, 0.15) is 6.10 Å². The van der Waals surface area contributed by atoms with E-state index in [1.807, 2.05) is 0 Å². The largest absolute Gasteiger partial charge is 0.422 e. The summed E-state index contributed by atoms with van der Waals surface area (Å²) >= 11 is 0. The first-order valence-electron chi connectivity index (χ1n) is 11.1. The summed E-state index contributed by atoms with van der Waals surface area (Å²) in [4.78, 5) is 23.4. The van der Waals surface area contributed by atoms with Crippen molar-refractivity contribution in [1.82, 2.24) is 0 Å². The van der Waals surface area contributed by atoms with Gasteiger partial charge in [0.05, 0.1) is 0 Å². The summed E-state index contributed by atoms with van der Waals surface area (Å²) in [6, 6.07) is 0. The van der Waals surface area contributed by atoms with E-state index in [9.17, 15) is 14.7 Å². The number of rotatable bonds is 18. The van der Waals surface area contributed by atoms with Crippen molar-refractivity contribution in [2.24, 2.45) is 0 Å². The molecule has 0 fully saturated rings. The molecule has 2 unspecified atom stereocenters. The Hall–Kier alpha value is -1.36. The number of carbonyl (C=O) groups excluding carboxylic acids is 2. The van der Waals surface area contributed by atoms with E-state index in [0.717, 1.165) is 19.3 Å². The lowest BCUT2D eigenvalue weighted by Crippen LogP contribution is -2.34. The molecule has 0 aliphatic heterocycles. The zero-order valence-corrected chi connectivity index (χ0v) is 18.3. The first-order chi connectivity index (χ1) is 13.4. The minimum Gasteiger partial charge on any atom is -0.422 e. The number of esters is 2. The van der Waals surface area contributed by atoms with Crippen molar-refractivity contribution in [3.05, 3.63) is 12.2 Å². The molecule has 2 atom stereocenters. The molecule has 0 saturated heterocycles. The lowest BCUT2D eigenvalue weighted by molar-refractivity contribution is -0.202. The monoisotopic (exact) mass is 398 g/mol. The average Bonchev–Trinajstić information content (AvgIpc) is 2.64. The van der Waals surface area contributed by atoms with Crippen LogP contribution >= 0.6 is 0 Å². The zero-order valence-electron chi connectivity index (χ0n) is 18.3.